The van der Waals surface area contributed by atoms with Crippen LogP contribution in [0.1, 0.15) is 41.5 Å². The van der Waals surface area contributed by atoms with E-state index in [9.17, 15) is 10.4 Å². The summed E-state index contributed by atoms with van der Waals surface area (Å²) in [5.41, 5.74) is -0.558. The Balaban J connectivity index is 3.96. The molecular weight excluding hydrogens is 180 g/mol. The van der Waals surface area contributed by atoms with Gasteiger partial charge in [0.05, 0.1) is 0 Å². The summed E-state index contributed by atoms with van der Waals surface area (Å²) >= 11 is 0. The molecule has 0 aliphatic rings. The third kappa shape index (κ3) is 4.91. The fourth-order valence-electron chi connectivity index (χ4n) is 0.860. The summed E-state index contributed by atoms with van der Waals surface area (Å²) in [6, 6.07) is 0. The van der Waals surface area contributed by atoms with Crippen LogP contribution < -0.4 is 0 Å². The molecule has 0 unspecified atom stereocenters. The summed E-state index contributed by atoms with van der Waals surface area (Å²) in [4.78, 5) is 0. The Morgan fingerprint density at radius 3 is 1.07 bits per heavy atom. The van der Waals surface area contributed by atoms with Gasteiger partial charge in [0.15, 0.2) is 0 Å². The zero-order valence-corrected chi connectivity index (χ0v) is 10.2. The summed E-state index contributed by atoms with van der Waals surface area (Å²) < 4.78 is 0. The normalized spacial score (nSPS) is 14.1. The van der Waals surface area contributed by atoms with Gasteiger partial charge in [0.1, 0.15) is 0 Å². The molecule has 0 spiro atoms. The molecule has 0 bridgehead atoms. The zero-order valence-electron chi connectivity index (χ0n) is 10.2. The van der Waals surface area contributed by atoms with Crippen molar-refractivity contribution in [2.24, 2.45) is 0 Å². The van der Waals surface area contributed by atoms with Crippen LogP contribution in [0.5, 0.6) is 0 Å². The van der Waals surface area contributed by atoms with Crippen LogP contribution in [-0.4, -0.2) is 44.7 Å². The van der Waals surface area contributed by atoms with Crippen molar-refractivity contribution in [2.45, 2.75) is 52.6 Å². The van der Waals surface area contributed by atoms with Crippen LogP contribution >= 0.6 is 0 Å². The maximum absolute atomic E-state index is 9.60. The lowest BCUT2D eigenvalue weighted by molar-refractivity contribution is -0.199. The van der Waals surface area contributed by atoms with Crippen molar-refractivity contribution in [2.75, 3.05) is 13.1 Å². The molecule has 0 aliphatic heterocycles. The number of rotatable bonds is 3. The van der Waals surface area contributed by atoms with Crippen molar-refractivity contribution in [3.63, 3.8) is 0 Å². The smallest absolute Gasteiger partial charge is 0.0395 e. The summed E-state index contributed by atoms with van der Waals surface area (Å²) in [5, 5.41) is 21.7. The maximum atomic E-state index is 9.60. The zero-order chi connectivity index (χ0) is 11.6. The highest BCUT2D eigenvalue weighted by Crippen LogP contribution is 2.12. The van der Waals surface area contributed by atoms with Crippen LogP contribution in [0.15, 0.2) is 0 Å². The minimum absolute atomic E-state index is 0.279. The van der Waals surface area contributed by atoms with Gasteiger partial charge in [0.25, 0.3) is 0 Å². The van der Waals surface area contributed by atoms with Gasteiger partial charge in [-0.3, -0.25) is 0 Å². The average Bonchev–Trinajstić information content (AvgIpc) is 1.95. The number of hydrogen-bond donors (Lipinski definition) is 2. The Kier molecular flexibility index (Phi) is 4.52. The van der Waals surface area contributed by atoms with Crippen LogP contribution in [-0.2, 0) is 0 Å². The van der Waals surface area contributed by atoms with E-state index in [4.69, 9.17) is 0 Å². The molecule has 0 aromatic rings. The standard InChI is InChI=1S/C10H24N2O2/c1-9(2,3)11(13)7-8-12(14)10(4,5)6/h13-14H,7-8H2,1-6H3. The van der Waals surface area contributed by atoms with Crippen LogP contribution in [0.25, 0.3) is 0 Å². The molecule has 0 heterocycles. The SMILES string of the molecule is CC(C)(C)N(O)CCN(O)C(C)(C)C. The molecule has 0 aromatic carbocycles. The molecule has 14 heavy (non-hydrogen) atoms. The molecule has 0 saturated carbocycles. The lowest BCUT2D eigenvalue weighted by Crippen LogP contribution is -2.47. The predicted molar refractivity (Wildman–Crippen MR) is 56.5 cm³/mol. The Labute approximate surface area is 87.0 Å². The topological polar surface area (TPSA) is 46.9 Å². The molecule has 0 rings (SSSR count). The van der Waals surface area contributed by atoms with Gasteiger partial charge in [0, 0.05) is 24.2 Å². The largest absolute Gasteiger partial charge is 0.313 e. The van der Waals surface area contributed by atoms with E-state index in [-0.39, 0.29) is 11.1 Å². The molecular formula is C10H24N2O2. The van der Waals surface area contributed by atoms with Crippen LogP contribution in [0.3, 0.4) is 0 Å². The minimum Gasteiger partial charge on any atom is -0.313 e. The van der Waals surface area contributed by atoms with E-state index in [0.29, 0.717) is 13.1 Å². The summed E-state index contributed by atoms with van der Waals surface area (Å²) in [6.45, 7) is 12.4. The van der Waals surface area contributed by atoms with E-state index in [1.54, 1.807) is 0 Å². The van der Waals surface area contributed by atoms with E-state index in [2.05, 4.69) is 0 Å². The summed E-state index contributed by atoms with van der Waals surface area (Å²) in [7, 11) is 0. The Bertz CT molecular complexity index is 150. The molecule has 0 aromatic heterocycles. The van der Waals surface area contributed by atoms with E-state index in [1.165, 1.54) is 10.1 Å². The van der Waals surface area contributed by atoms with Crippen molar-refractivity contribution in [1.29, 1.82) is 0 Å². The quantitative estimate of drug-likeness (QED) is 0.690. The van der Waals surface area contributed by atoms with Gasteiger partial charge in [-0.1, -0.05) is 0 Å². The van der Waals surface area contributed by atoms with Crippen LogP contribution in [0.2, 0.25) is 0 Å². The first-order valence-electron chi connectivity index (χ1n) is 4.98. The fourth-order valence-corrected chi connectivity index (χ4v) is 0.860. The Hall–Kier alpha value is -0.160. The molecule has 0 radical (unpaired) electrons. The highest BCUT2D eigenvalue weighted by Gasteiger charge is 2.23. The molecule has 0 amide bonds. The lowest BCUT2D eigenvalue weighted by atomic mass is 10.1. The average molecular weight is 204 g/mol. The van der Waals surface area contributed by atoms with Crippen molar-refractivity contribution in [3.05, 3.63) is 0 Å². The van der Waals surface area contributed by atoms with Gasteiger partial charge in [-0.15, -0.1) is 0 Å². The minimum atomic E-state index is -0.279. The molecule has 86 valence electrons. The predicted octanol–water partition coefficient (Wildman–Crippen LogP) is 1.97. The van der Waals surface area contributed by atoms with Gasteiger partial charge in [0.2, 0.25) is 0 Å². The van der Waals surface area contributed by atoms with Crippen molar-refractivity contribution >= 4 is 0 Å². The Morgan fingerprint density at radius 2 is 0.929 bits per heavy atom. The second kappa shape index (κ2) is 4.57. The maximum Gasteiger partial charge on any atom is 0.0395 e. The molecule has 0 saturated heterocycles. The molecule has 2 N–H and O–H groups in total. The second-order valence-corrected chi connectivity index (χ2v) is 5.59. The highest BCUT2D eigenvalue weighted by molar-refractivity contribution is 4.73. The number of nitrogens with zero attached hydrogens (tertiary/aromatic N) is 2. The van der Waals surface area contributed by atoms with E-state index < -0.39 is 0 Å². The first kappa shape index (κ1) is 13.8. The third-order valence-corrected chi connectivity index (χ3v) is 2.07. The fraction of sp³-hybridized carbons (Fsp3) is 1.00. The summed E-state index contributed by atoms with van der Waals surface area (Å²) in [6.07, 6.45) is 0. The lowest BCUT2D eigenvalue weighted by Gasteiger charge is -2.34. The molecule has 0 aliphatic carbocycles. The van der Waals surface area contributed by atoms with E-state index in [0.717, 1.165) is 0 Å². The van der Waals surface area contributed by atoms with E-state index in [1.807, 2.05) is 41.5 Å². The van der Waals surface area contributed by atoms with Crippen LogP contribution in [0.4, 0.5) is 0 Å². The van der Waals surface area contributed by atoms with Crippen molar-refractivity contribution in [1.82, 2.24) is 10.1 Å². The molecule has 4 heteroatoms. The van der Waals surface area contributed by atoms with Gasteiger partial charge < -0.3 is 10.4 Å². The monoisotopic (exact) mass is 204 g/mol. The van der Waals surface area contributed by atoms with Gasteiger partial charge in [-0.25, -0.2) is 0 Å². The molecule has 0 atom stereocenters. The Morgan fingerprint density at radius 1 is 0.714 bits per heavy atom. The second-order valence-electron chi connectivity index (χ2n) is 5.59. The summed E-state index contributed by atoms with van der Waals surface area (Å²) in [5.74, 6) is 0. The van der Waals surface area contributed by atoms with Crippen molar-refractivity contribution < 1.29 is 10.4 Å². The van der Waals surface area contributed by atoms with Gasteiger partial charge in [-0.2, -0.15) is 10.1 Å². The first-order chi connectivity index (χ1) is 6.05. The number of hydroxylamine groups is 4. The van der Waals surface area contributed by atoms with Crippen molar-refractivity contribution in [3.8, 4) is 0 Å². The number of hydrogen-bond acceptors (Lipinski definition) is 4. The van der Waals surface area contributed by atoms with Gasteiger partial charge >= 0.3 is 0 Å². The molecule has 0 fully saturated rings. The highest BCUT2D eigenvalue weighted by atomic mass is 16.5. The van der Waals surface area contributed by atoms with Crippen LogP contribution in [0, 0.1) is 0 Å². The first-order valence-corrected chi connectivity index (χ1v) is 4.98. The molecule has 4 nitrogen and oxygen atoms in total. The van der Waals surface area contributed by atoms with Gasteiger partial charge in [-0.05, 0) is 41.5 Å². The third-order valence-electron chi connectivity index (χ3n) is 2.07. The van der Waals surface area contributed by atoms with E-state index >= 15 is 0 Å².